The number of aromatic nitrogens is 2. The molecule has 1 heterocycles. The Hall–Kier alpha value is -1.81. The highest BCUT2D eigenvalue weighted by Gasteiger charge is 2.13. The Kier molecular flexibility index (Phi) is 5.61. The molecule has 0 radical (unpaired) electrons. The standard InChI is InChI=1S/C18H27N3O/c1-13-5-8-17(9-6-13)10-7-14(2)19-18-15(3)16(4)20-21(18)11-12-22/h5-6,8-9,14,19,22H,7,10-12H2,1-4H3. The highest BCUT2D eigenvalue weighted by molar-refractivity contribution is 5.47. The minimum Gasteiger partial charge on any atom is -0.394 e. The summed E-state index contributed by atoms with van der Waals surface area (Å²) >= 11 is 0. The molecular weight excluding hydrogens is 274 g/mol. The third-order valence-electron chi connectivity index (χ3n) is 4.11. The number of anilines is 1. The maximum absolute atomic E-state index is 9.16. The molecule has 0 aliphatic carbocycles. The Labute approximate surface area is 133 Å². The molecule has 2 aromatic rings. The summed E-state index contributed by atoms with van der Waals surface area (Å²) in [5.41, 5.74) is 4.85. The maximum atomic E-state index is 9.16. The van der Waals surface area contributed by atoms with Crippen molar-refractivity contribution in [3.05, 3.63) is 46.6 Å². The van der Waals surface area contributed by atoms with Crippen molar-refractivity contribution in [3.63, 3.8) is 0 Å². The number of aliphatic hydroxyl groups excluding tert-OH is 1. The smallest absolute Gasteiger partial charge is 0.127 e. The van der Waals surface area contributed by atoms with Crippen molar-refractivity contribution in [3.8, 4) is 0 Å². The summed E-state index contributed by atoms with van der Waals surface area (Å²) in [7, 11) is 0. The van der Waals surface area contributed by atoms with E-state index in [1.165, 1.54) is 11.1 Å². The van der Waals surface area contributed by atoms with Crippen molar-refractivity contribution < 1.29 is 5.11 Å². The summed E-state index contributed by atoms with van der Waals surface area (Å²) in [5, 5.41) is 17.2. The summed E-state index contributed by atoms with van der Waals surface area (Å²) in [6, 6.07) is 9.09. The lowest BCUT2D eigenvalue weighted by molar-refractivity contribution is 0.270. The second-order valence-corrected chi connectivity index (χ2v) is 6.08. The van der Waals surface area contributed by atoms with Crippen LogP contribution in [0.25, 0.3) is 0 Å². The van der Waals surface area contributed by atoms with Crippen LogP contribution in [0.1, 0.15) is 35.7 Å². The van der Waals surface area contributed by atoms with E-state index < -0.39 is 0 Å². The van der Waals surface area contributed by atoms with Gasteiger partial charge in [-0.05, 0) is 46.1 Å². The van der Waals surface area contributed by atoms with Crippen molar-refractivity contribution in [2.75, 3.05) is 11.9 Å². The molecule has 1 atom stereocenters. The van der Waals surface area contributed by atoms with E-state index in [0.29, 0.717) is 12.6 Å². The van der Waals surface area contributed by atoms with Gasteiger partial charge >= 0.3 is 0 Å². The van der Waals surface area contributed by atoms with Crippen LogP contribution < -0.4 is 5.32 Å². The van der Waals surface area contributed by atoms with Gasteiger partial charge in [-0.1, -0.05) is 29.8 Å². The molecule has 1 unspecified atom stereocenters. The first-order valence-corrected chi connectivity index (χ1v) is 7.98. The van der Waals surface area contributed by atoms with Gasteiger partial charge in [0, 0.05) is 11.6 Å². The summed E-state index contributed by atoms with van der Waals surface area (Å²) < 4.78 is 1.87. The predicted octanol–water partition coefficient (Wildman–Crippen LogP) is 3.23. The normalized spacial score (nSPS) is 12.4. The molecule has 0 amide bonds. The van der Waals surface area contributed by atoms with Crippen molar-refractivity contribution in [2.45, 2.75) is 53.1 Å². The Balaban J connectivity index is 1.96. The van der Waals surface area contributed by atoms with Crippen LogP contribution in [0.2, 0.25) is 0 Å². The molecule has 0 fully saturated rings. The lowest BCUT2D eigenvalue weighted by Gasteiger charge is -2.17. The molecule has 4 nitrogen and oxygen atoms in total. The summed E-state index contributed by atoms with van der Waals surface area (Å²) in [4.78, 5) is 0. The molecule has 0 saturated carbocycles. The van der Waals surface area contributed by atoms with E-state index in [9.17, 15) is 0 Å². The molecule has 2 N–H and O–H groups in total. The Morgan fingerprint density at radius 2 is 1.86 bits per heavy atom. The van der Waals surface area contributed by atoms with Gasteiger partial charge in [-0.2, -0.15) is 5.10 Å². The number of nitrogens with zero attached hydrogens (tertiary/aromatic N) is 2. The van der Waals surface area contributed by atoms with E-state index in [1.807, 2.05) is 11.6 Å². The molecule has 22 heavy (non-hydrogen) atoms. The lowest BCUT2D eigenvalue weighted by Crippen LogP contribution is -2.20. The summed E-state index contributed by atoms with van der Waals surface area (Å²) in [6.45, 7) is 9.02. The van der Waals surface area contributed by atoms with Gasteiger partial charge < -0.3 is 10.4 Å². The molecule has 1 aromatic heterocycles. The number of benzene rings is 1. The molecule has 0 saturated heterocycles. The second kappa shape index (κ2) is 7.45. The van der Waals surface area contributed by atoms with Crippen molar-refractivity contribution in [2.24, 2.45) is 0 Å². The van der Waals surface area contributed by atoms with E-state index in [0.717, 1.165) is 29.9 Å². The molecule has 120 valence electrons. The first-order chi connectivity index (χ1) is 10.5. The largest absolute Gasteiger partial charge is 0.394 e. The van der Waals surface area contributed by atoms with E-state index in [2.05, 4.69) is 55.5 Å². The minimum absolute atomic E-state index is 0.104. The molecule has 1 aromatic carbocycles. The number of hydrogen-bond donors (Lipinski definition) is 2. The zero-order chi connectivity index (χ0) is 16.1. The Morgan fingerprint density at radius 1 is 1.18 bits per heavy atom. The first-order valence-electron chi connectivity index (χ1n) is 7.98. The highest BCUT2D eigenvalue weighted by atomic mass is 16.3. The van der Waals surface area contributed by atoms with Gasteiger partial charge in [-0.15, -0.1) is 0 Å². The lowest BCUT2D eigenvalue weighted by atomic mass is 10.0. The maximum Gasteiger partial charge on any atom is 0.127 e. The van der Waals surface area contributed by atoms with Crippen LogP contribution in [-0.2, 0) is 13.0 Å². The average molecular weight is 301 g/mol. The van der Waals surface area contributed by atoms with Crippen LogP contribution in [0.4, 0.5) is 5.82 Å². The molecule has 2 rings (SSSR count). The fourth-order valence-corrected chi connectivity index (χ4v) is 2.55. The number of aryl methyl sites for hydroxylation is 3. The van der Waals surface area contributed by atoms with Crippen LogP contribution in [0, 0.1) is 20.8 Å². The van der Waals surface area contributed by atoms with E-state index in [4.69, 9.17) is 5.11 Å². The Bertz CT molecular complexity index is 602. The molecule has 4 heteroatoms. The predicted molar refractivity (Wildman–Crippen MR) is 91.4 cm³/mol. The van der Waals surface area contributed by atoms with Gasteiger partial charge in [0.1, 0.15) is 5.82 Å². The third kappa shape index (κ3) is 4.10. The summed E-state index contributed by atoms with van der Waals surface area (Å²) in [5.74, 6) is 1.03. The van der Waals surface area contributed by atoms with Gasteiger partial charge in [-0.3, -0.25) is 0 Å². The van der Waals surface area contributed by atoms with E-state index in [1.54, 1.807) is 0 Å². The fourth-order valence-electron chi connectivity index (χ4n) is 2.55. The van der Waals surface area contributed by atoms with E-state index >= 15 is 0 Å². The van der Waals surface area contributed by atoms with Crippen LogP contribution in [0.5, 0.6) is 0 Å². The third-order valence-corrected chi connectivity index (χ3v) is 4.11. The number of aliphatic hydroxyl groups is 1. The quantitative estimate of drug-likeness (QED) is 0.825. The Morgan fingerprint density at radius 3 is 2.50 bits per heavy atom. The van der Waals surface area contributed by atoms with Crippen LogP contribution in [0.3, 0.4) is 0 Å². The number of hydrogen-bond acceptors (Lipinski definition) is 3. The second-order valence-electron chi connectivity index (χ2n) is 6.08. The first kappa shape index (κ1) is 16.6. The van der Waals surface area contributed by atoms with Crippen molar-refractivity contribution in [1.82, 2.24) is 9.78 Å². The van der Waals surface area contributed by atoms with Crippen molar-refractivity contribution >= 4 is 5.82 Å². The van der Waals surface area contributed by atoms with Gasteiger partial charge in [-0.25, -0.2) is 4.68 Å². The average Bonchev–Trinajstić information content (AvgIpc) is 2.75. The highest BCUT2D eigenvalue weighted by Crippen LogP contribution is 2.20. The molecule has 0 bridgehead atoms. The van der Waals surface area contributed by atoms with Gasteiger partial charge in [0.2, 0.25) is 0 Å². The molecular formula is C18H27N3O. The monoisotopic (exact) mass is 301 g/mol. The van der Waals surface area contributed by atoms with Gasteiger partial charge in [0.05, 0.1) is 18.8 Å². The fraction of sp³-hybridized carbons (Fsp3) is 0.500. The van der Waals surface area contributed by atoms with E-state index in [-0.39, 0.29) is 6.61 Å². The molecule has 0 aliphatic rings. The van der Waals surface area contributed by atoms with Gasteiger partial charge in [0.15, 0.2) is 0 Å². The van der Waals surface area contributed by atoms with Crippen LogP contribution in [0.15, 0.2) is 24.3 Å². The topological polar surface area (TPSA) is 50.1 Å². The summed E-state index contributed by atoms with van der Waals surface area (Å²) in [6.07, 6.45) is 2.12. The zero-order valence-electron chi connectivity index (χ0n) is 14.1. The molecule has 0 aliphatic heterocycles. The SMILES string of the molecule is Cc1ccc(CCC(C)Nc2c(C)c(C)nn2CCO)cc1. The van der Waals surface area contributed by atoms with Crippen LogP contribution in [-0.4, -0.2) is 27.5 Å². The zero-order valence-corrected chi connectivity index (χ0v) is 14.1. The number of nitrogens with one attached hydrogen (secondary N) is 1. The number of rotatable bonds is 7. The molecule has 0 spiro atoms. The van der Waals surface area contributed by atoms with Gasteiger partial charge in [0.25, 0.3) is 0 Å². The minimum atomic E-state index is 0.104. The van der Waals surface area contributed by atoms with Crippen molar-refractivity contribution in [1.29, 1.82) is 0 Å². The van der Waals surface area contributed by atoms with Crippen LogP contribution >= 0.6 is 0 Å².